The van der Waals surface area contributed by atoms with Gasteiger partial charge >= 0.3 is 0 Å². The van der Waals surface area contributed by atoms with Crippen molar-refractivity contribution in [3.63, 3.8) is 0 Å². The standard InChI is InChI=1S/C21H25N3O2/c1-21(2,3)24-19(22-20(23-24)16-7-5-4-6-8-16)12-15-9-10-17(13-25)18(11-15)14-26/h4-11,25-26H,12-14H2,1-3H3. The molecule has 0 aliphatic carbocycles. The smallest absolute Gasteiger partial charge is 0.181 e. The van der Waals surface area contributed by atoms with Gasteiger partial charge in [-0.05, 0) is 37.5 Å². The maximum atomic E-state index is 9.53. The van der Waals surface area contributed by atoms with Crippen molar-refractivity contribution in [2.45, 2.75) is 45.9 Å². The van der Waals surface area contributed by atoms with Crippen LogP contribution in [-0.4, -0.2) is 25.0 Å². The minimum absolute atomic E-state index is 0.0769. The summed E-state index contributed by atoms with van der Waals surface area (Å²) in [6.45, 7) is 6.15. The first-order valence-electron chi connectivity index (χ1n) is 8.76. The number of benzene rings is 2. The number of aliphatic hydroxyl groups excluding tert-OH is 2. The number of rotatable bonds is 5. The molecular formula is C21H25N3O2. The summed E-state index contributed by atoms with van der Waals surface area (Å²) in [5.74, 6) is 1.59. The first kappa shape index (κ1) is 18.3. The van der Waals surface area contributed by atoms with Crippen molar-refractivity contribution in [1.29, 1.82) is 0 Å². The minimum atomic E-state index is -0.194. The summed E-state index contributed by atoms with van der Waals surface area (Å²) < 4.78 is 1.97. The van der Waals surface area contributed by atoms with Gasteiger partial charge in [0.1, 0.15) is 5.82 Å². The van der Waals surface area contributed by atoms with E-state index in [4.69, 9.17) is 10.1 Å². The average molecular weight is 351 g/mol. The lowest BCUT2D eigenvalue weighted by molar-refractivity contribution is 0.260. The van der Waals surface area contributed by atoms with Crippen LogP contribution in [0, 0.1) is 0 Å². The molecule has 0 saturated carbocycles. The Kier molecular flexibility index (Phi) is 5.20. The summed E-state index contributed by atoms with van der Waals surface area (Å²) in [5.41, 5.74) is 3.32. The molecule has 5 nitrogen and oxygen atoms in total. The van der Waals surface area contributed by atoms with Crippen molar-refractivity contribution in [1.82, 2.24) is 14.8 Å². The molecule has 136 valence electrons. The third-order valence-electron chi connectivity index (χ3n) is 4.32. The Bertz CT molecular complexity index is 880. The van der Waals surface area contributed by atoms with Gasteiger partial charge in [-0.1, -0.05) is 48.5 Å². The van der Waals surface area contributed by atoms with E-state index in [1.807, 2.05) is 53.2 Å². The first-order valence-corrected chi connectivity index (χ1v) is 8.76. The fourth-order valence-corrected chi connectivity index (χ4v) is 2.98. The highest BCUT2D eigenvalue weighted by atomic mass is 16.3. The van der Waals surface area contributed by atoms with E-state index in [0.717, 1.165) is 28.1 Å². The highest BCUT2D eigenvalue weighted by Gasteiger charge is 2.22. The van der Waals surface area contributed by atoms with Gasteiger partial charge in [0, 0.05) is 12.0 Å². The third-order valence-corrected chi connectivity index (χ3v) is 4.32. The molecule has 0 unspecified atom stereocenters. The summed E-state index contributed by atoms with van der Waals surface area (Å²) in [6, 6.07) is 15.7. The van der Waals surface area contributed by atoms with Crippen LogP contribution < -0.4 is 0 Å². The lowest BCUT2D eigenvalue weighted by atomic mass is 10.0. The Hall–Kier alpha value is -2.50. The van der Waals surface area contributed by atoms with Gasteiger partial charge in [0.25, 0.3) is 0 Å². The Labute approximate surface area is 154 Å². The van der Waals surface area contributed by atoms with Crippen molar-refractivity contribution < 1.29 is 10.2 Å². The zero-order chi connectivity index (χ0) is 18.7. The van der Waals surface area contributed by atoms with Crippen LogP contribution in [0.1, 0.15) is 43.3 Å². The predicted molar refractivity (Wildman–Crippen MR) is 102 cm³/mol. The first-order chi connectivity index (χ1) is 12.4. The van der Waals surface area contributed by atoms with Crippen LogP contribution in [0.4, 0.5) is 0 Å². The molecule has 26 heavy (non-hydrogen) atoms. The van der Waals surface area contributed by atoms with Gasteiger partial charge in [-0.25, -0.2) is 9.67 Å². The maximum absolute atomic E-state index is 9.53. The molecule has 1 aromatic heterocycles. The van der Waals surface area contributed by atoms with Gasteiger partial charge in [0.2, 0.25) is 0 Å². The van der Waals surface area contributed by atoms with Gasteiger partial charge in [-0.15, -0.1) is 0 Å². The van der Waals surface area contributed by atoms with Crippen molar-refractivity contribution in [3.05, 3.63) is 71.0 Å². The molecule has 0 amide bonds. The maximum Gasteiger partial charge on any atom is 0.181 e. The summed E-state index contributed by atoms with van der Waals surface area (Å²) in [4.78, 5) is 4.78. The number of aromatic nitrogens is 3. The topological polar surface area (TPSA) is 71.2 Å². The highest BCUT2D eigenvalue weighted by Crippen LogP contribution is 2.23. The number of aliphatic hydroxyl groups is 2. The van der Waals surface area contributed by atoms with Crippen molar-refractivity contribution in [2.24, 2.45) is 0 Å². The normalized spacial score (nSPS) is 11.7. The van der Waals surface area contributed by atoms with E-state index in [0.29, 0.717) is 12.2 Å². The van der Waals surface area contributed by atoms with Crippen LogP contribution in [0.3, 0.4) is 0 Å². The molecule has 0 bridgehead atoms. The zero-order valence-electron chi connectivity index (χ0n) is 15.5. The summed E-state index contributed by atoms with van der Waals surface area (Å²) in [5, 5.41) is 23.6. The van der Waals surface area contributed by atoms with Gasteiger partial charge in [-0.2, -0.15) is 5.10 Å². The Morgan fingerprint density at radius 3 is 2.23 bits per heavy atom. The SMILES string of the molecule is CC(C)(C)n1nc(-c2ccccc2)nc1Cc1ccc(CO)c(CO)c1. The fourth-order valence-electron chi connectivity index (χ4n) is 2.98. The minimum Gasteiger partial charge on any atom is -0.392 e. The quantitative estimate of drug-likeness (QED) is 0.740. The lowest BCUT2D eigenvalue weighted by Crippen LogP contribution is -2.25. The van der Waals surface area contributed by atoms with Crippen molar-refractivity contribution in [3.8, 4) is 11.4 Å². The number of hydrogen-bond acceptors (Lipinski definition) is 4. The summed E-state index contributed by atoms with van der Waals surface area (Å²) >= 11 is 0. The molecule has 0 atom stereocenters. The molecule has 3 aromatic rings. The van der Waals surface area contributed by atoms with Crippen LogP contribution >= 0.6 is 0 Å². The van der Waals surface area contributed by atoms with E-state index >= 15 is 0 Å². The van der Waals surface area contributed by atoms with Crippen molar-refractivity contribution >= 4 is 0 Å². The third kappa shape index (κ3) is 3.84. The molecule has 0 aliphatic heterocycles. The van der Waals surface area contributed by atoms with E-state index < -0.39 is 0 Å². The average Bonchev–Trinajstić information content (AvgIpc) is 3.06. The van der Waals surface area contributed by atoms with E-state index in [1.54, 1.807) is 0 Å². The molecule has 0 aliphatic rings. The second-order valence-electron chi connectivity index (χ2n) is 7.40. The second-order valence-corrected chi connectivity index (χ2v) is 7.40. The molecule has 0 saturated heterocycles. The van der Waals surface area contributed by atoms with Crippen LogP contribution in [0.25, 0.3) is 11.4 Å². The second kappa shape index (κ2) is 7.40. The molecule has 5 heteroatoms. The molecule has 0 spiro atoms. The molecule has 3 rings (SSSR count). The predicted octanol–water partition coefficient (Wildman–Crippen LogP) is 3.28. The Balaban J connectivity index is 2.00. The highest BCUT2D eigenvalue weighted by molar-refractivity contribution is 5.54. The molecule has 1 heterocycles. The van der Waals surface area contributed by atoms with Crippen LogP contribution in [0.15, 0.2) is 48.5 Å². The van der Waals surface area contributed by atoms with E-state index in [2.05, 4.69) is 20.8 Å². The van der Waals surface area contributed by atoms with Gasteiger partial charge < -0.3 is 10.2 Å². The summed E-state index contributed by atoms with van der Waals surface area (Å²) in [6.07, 6.45) is 0.607. The van der Waals surface area contributed by atoms with Crippen LogP contribution in [0.5, 0.6) is 0 Å². The van der Waals surface area contributed by atoms with E-state index in [1.165, 1.54) is 0 Å². The van der Waals surface area contributed by atoms with Crippen LogP contribution in [-0.2, 0) is 25.2 Å². The summed E-state index contributed by atoms with van der Waals surface area (Å²) in [7, 11) is 0. The molecule has 0 fully saturated rings. The molecule has 2 N–H and O–H groups in total. The Morgan fingerprint density at radius 2 is 1.62 bits per heavy atom. The largest absolute Gasteiger partial charge is 0.392 e. The molecular weight excluding hydrogens is 326 g/mol. The van der Waals surface area contributed by atoms with Gasteiger partial charge in [0.15, 0.2) is 5.82 Å². The monoisotopic (exact) mass is 351 g/mol. The van der Waals surface area contributed by atoms with Gasteiger partial charge in [0.05, 0.1) is 18.8 Å². The molecule has 2 aromatic carbocycles. The van der Waals surface area contributed by atoms with Crippen molar-refractivity contribution in [2.75, 3.05) is 0 Å². The van der Waals surface area contributed by atoms with E-state index in [-0.39, 0.29) is 18.8 Å². The number of nitrogens with zero attached hydrogens (tertiary/aromatic N) is 3. The van der Waals surface area contributed by atoms with E-state index in [9.17, 15) is 10.2 Å². The van der Waals surface area contributed by atoms with Crippen LogP contribution in [0.2, 0.25) is 0 Å². The molecule has 0 radical (unpaired) electrons. The number of hydrogen-bond donors (Lipinski definition) is 2. The Morgan fingerprint density at radius 1 is 0.923 bits per heavy atom. The fraction of sp³-hybridized carbons (Fsp3) is 0.333. The van der Waals surface area contributed by atoms with Gasteiger partial charge in [-0.3, -0.25) is 0 Å². The zero-order valence-corrected chi connectivity index (χ0v) is 15.5. The lowest BCUT2D eigenvalue weighted by Gasteiger charge is -2.21.